The van der Waals surface area contributed by atoms with Crippen molar-refractivity contribution in [2.45, 2.75) is 56.5 Å². The van der Waals surface area contributed by atoms with Gasteiger partial charge in [-0.3, -0.25) is 13.7 Å². The fourth-order valence-corrected chi connectivity index (χ4v) is 5.97. The van der Waals surface area contributed by atoms with Crippen molar-refractivity contribution < 1.29 is 9.00 Å². The summed E-state index contributed by atoms with van der Waals surface area (Å²) in [5.41, 5.74) is 2.57. The van der Waals surface area contributed by atoms with Gasteiger partial charge in [0.2, 0.25) is 0 Å². The maximum atomic E-state index is 12.8. The summed E-state index contributed by atoms with van der Waals surface area (Å²) in [5.74, 6) is 0.270. The SMILES string of the molecule is Cc1nn(C)c(C)c1C(=O)C1CC2CCCC(C1)S2=O. The molecule has 0 N–H and O–H groups in total. The van der Waals surface area contributed by atoms with Gasteiger partial charge in [0.15, 0.2) is 5.78 Å². The zero-order valence-corrected chi connectivity index (χ0v) is 13.2. The number of hydrogen-bond donors (Lipinski definition) is 0. The Bertz CT molecular complexity index is 563. The topological polar surface area (TPSA) is 52.0 Å². The number of ketones is 1. The van der Waals surface area contributed by atoms with Gasteiger partial charge in [-0.05, 0) is 39.5 Å². The van der Waals surface area contributed by atoms with Crippen LogP contribution in [-0.4, -0.2) is 30.3 Å². The van der Waals surface area contributed by atoms with Gasteiger partial charge in [0.1, 0.15) is 0 Å². The predicted octanol–water partition coefficient (Wildman–Crippen LogP) is 2.30. The van der Waals surface area contributed by atoms with Crippen molar-refractivity contribution in [1.82, 2.24) is 9.78 Å². The van der Waals surface area contributed by atoms with E-state index in [-0.39, 0.29) is 22.2 Å². The molecule has 2 atom stereocenters. The third kappa shape index (κ3) is 2.16. The molecule has 2 unspecified atom stereocenters. The summed E-state index contributed by atoms with van der Waals surface area (Å²) in [6.07, 6.45) is 4.83. The molecule has 5 heteroatoms. The van der Waals surface area contributed by atoms with Gasteiger partial charge in [0.25, 0.3) is 0 Å². The smallest absolute Gasteiger partial charge is 0.169 e. The van der Waals surface area contributed by atoms with E-state index in [4.69, 9.17) is 0 Å². The summed E-state index contributed by atoms with van der Waals surface area (Å²) < 4.78 is 14.0. The molecule has 4 nitrogen and oxygen atoms in total. The van der Waals surface area contributed by atoms with Crippen LogP contribution in [0.25, 0.3) is 0 Å². The van der Waals surface area contributed by atoms with Crippen molar-refractivity contribution in [3.8, 4) is 0 Å². The highest BCUT2D eigenvalue weighted by molar-refractivity contribution is 7.86. The zero-order valence-electron chi connectivity index (χ0n) is 12.4. The van der Waals surface area contributed by atoms with Gasteiger partial charge in [0.05, 0.1) is 11.3 Å². The molecule has 0 aliphatic carbocycles. The fraction of sp³-hybridized carbons (Fsp3) is 0.733. The zero-order chi connectivity index (χ0) is 14.4. The van der Waals surface area contributed by atoms with E-state index in [2.05, 4.69) is 5.10 Å². The average molecular weight is 294 g/mol. The average Bonchev–Trinajstić information content (AvgIpc) is 2.62. The van der Waals surface area contributed by atoms with Crippen LogP contribution in [0.15, 0.2) is 0 Å². The number of Topliss-reactive ketones (excluding diaryl/α,β-unsaturated/α-hetero) is 1. The Morgan fingerprint density at radius 3 is 2.35 bits per heavy atom. The van der Waals surface area contributed by atoms with Crippen LogP contribution in [0.1, 0.15) is 53.8 Å². The summed E-state index contributed by atoms with van der Waals surface area (Å²) in [5, 5.41) is 4.84. The number of carbonyl (C=O) groups excluding carboxylic acids is 1. The molecule has 0 amide bonds. The minimum Gasteiger partial charge on any atom is -0.294 e. The summed E-state index contributed by atoms with van der Waals surface area (Å²) in [4.78, 5) is 12.8. The van der Waals surface area contributed by atoms with Crippen molar-refractivity contribution in [3.05, 3.63) is 17.0 Å². The van der Waals surface area contributed by atoms with Crippen molar-refractivity contribution >= 4 is 16.6 Å². The van der Waals surface area contributed by atoms with Gasteiger partial charge >= 0.3 is 0 Å². The van der Waals surface area contributed by atoms with E-state index >= 15 is 0 Å². The van der Waals surface area contributed by atoms with E-state index in [0.29, 0.717) is 0 Å². The monoisotopic (exact) mass is 294 g/mol. The third-order valence-electron chi connectivity index (χ3n) is 4.93. The quantitative estimate of drug-likeness (QED) is 0.786. The van der Waals surface area contributed by atoms with Crippen LogP contribution >= 0.6 is 0 Å². The number of nitrogens with zero attached hydrogens (tertiary/aromatic N) is 2. The molecule has 2 fully saturated rings. The van der Waals surface area contributed by atoms with Crippen LogP contribution in [0.4, 0.5) is 0 Å². The van der Waals surface area contributed by atoms with Crippen LogP contribution < -0.4 is 0 Å². The van der Waals surface area contributed by atoms with Crippen molar-refractivity contribution in [2.24, 2.45) is 13.0 Å². The molecule has 0 aromatic carbocycles. The molecule has 1 aromatic rings. The maximum absolute atomic E-state index is 12.8. The number of aryl methyl sites for hydroxylation is 2. The van der Waals surface area contributed by atoms with Gasteiger partial charge in [-0.25, -0.2) is 0 Å². The Kier molecular flexibility index (Phi) is 3.56. The molecule has 3 rings (SSSR count). The lowest BCUT2D eigenvalue weighted by Crippen LogP contribution is -2.41. The highest BCUT2D eigenvalue weighted by Gasteiger charge is 2.41. The largest absolute Gasteiger partial charge is 0.294 e. The number of fused-ring (bicyclic) bond motifs is 2. The summed E-state index contributed by atoms with van der Waals surface area (Å²) in [7, 11) is 1.17. The fourth-order valence-electron chi connectivity index (χ4n) is 3.78. The molecule has 2 aliphatic rings. The van der Waals surface area contributed by atoms with E-state index in [0.717, 1.165) is 42.6 Å². The molecule has 0 spiro atoms. The van der Waals surface area contributed by atoms with Crippen LogP contribution in [0, 0.1) is 19.8 Å². The van der Waals surface area contributed by atoms with Gasteiger partial charge < -0.3 is 0 Å². The van der Waals surface area contributed by atoms with Gasteiger partial charge in [-0.2, -0.15) is 5.10 Å². The van der Waals surface area contributed by atoms with E-state index in [9.17, 15) is 9.00 Å². The lowest BCUT2D eigenvalue weighted by molar-refractivity contribution is 0.0894. The van der Waals surface area contributed by atoms with Crippen molar-refractivity contribution in [1.29, 1.82) is 0 Å². The lowest BCUT2D eigenvalue weighted by Gasteiger charge is -2.37. The molecule has 110 valence electrons. The minimum atomic E-state index is -0.708. The second kappa shape index (κ2) is 5.10. The Morgan fingerprint density at radius 1 is 1.25 bits per heavy atom. The Morgan fingerprint density at radius 2 is 1.85 bits per heavy atom. The first-order chi connectivity index (χ1) is 9.49. The summed E-state index contributed by atoms with van der Waals surface area (Å²) in [6, 6.07) is 0. The van der Waals surface area contributed by atoms with Crippen LogP contribution in [0.2, 0.25) is 0 Å². The van der Waals surface area contributed by atoms with E-state index in [1.807, 2.05) is 20.9 Å². The number of rotatable bonds is 2. The molecule has 3 heterocycles. The molecule has 20 heavy (non-hydrogen) atoms. The van der Waals surface area contributed by atoms with Crippen molar-refractivity contribution in [2.75, 3.05) is 0 Å². The summed E-state index contributed by atoms with van der Waals surface area (Å²) >= 11 is 0. The molecule has 1 aromatic heterocycles. The van der Waals surface area contributed by atoms with Gasteiger partial charge in [-0.1, -0.05) is 6.42 Å². The first-order valence-electron chi connectivity index (χ1n) is 7.42. The molecular formula is C15H22N2O2S. The van der Waals surface area contributed by atoms with Crippen LogP contribution in [0.5, 0.6) is 0 Å². The van der Waals surface area contributed by atoms with E-state index in [1.165, 1.54) is 6.42 Å². The lowest BCUT2D eigenvalue weighted by atomic mass is 9.84. The van der Waals surface area contributed by atoms with Crippen LogP contribution in [-0.2, 0) is 17.8 Å². The first-order valence-corrected chi connectivity index (χ1v) is 8.70. The maximum Gasteiger partial charge on any atom is 0.169 e. The number of hydrogen-bond acceptors (Lipinski definition) is 3. The molecule has 2 aliphatic heterocycles. The molecule has 0 radical (unpaired) electrons. The Labute approximate surface area is 122 Å². The molecule has 2 bridgehead atoms. The second-order valence-electron chi connectivity index (χ2n) is 6.21. The molecule has 2 saturated heterocycles. The third-order valence-corrected chi connectivity index (χ3v) is 7.10. The first kappa shape index (κ1) is 14.0. The Balaban J connectivity index is 1.86. The second-order valence-corrected chi connectivity index (χ2v) is 8.20. The van der Waals surface area contributed by atoms with Gasteiger partial charge in [0, 0.05) is 40.0 Å². The molecule has 0 saturated carbocycles. The predicted molar refractivity (Wildman–Crippen MR) is 79.3 cm³/mol. The Hall–Kier alpha value is -0.970. The highest BCUT2D eigenvalue weighted by Crippen LogP contribution is 2.38. The van der Waals surface area contributed by atoms with Gasteiger partial charge in [-0.15, -0.1) is 0 Å². The summed E-state index contributed by atoms with van der Waals surface area (Å²) in [6.45, 7) is 3.86. The minimum absolute atomic E-state index is 0.0459. The highest BCUT2D eigenvalue weighted by atomic mass is 32.2. The standard InChI is InChI=1S/C15H22N2O2S/c1-9-14(10(2)17(3)16-9)15(18)11-7-12-5-4-6-13(8-11)20(12)19/h11-13H,4-8H2,1-3H3. The van der Waals surface area contributed by atoms with Crippen molar-refractivity contribution in [3.63, 3.8) is 0 Å². The van der Waals surface area contributed by atoms with E-state index in [1.54, 1.807) is 4.68 Å². The van der Waals surface area contributed by atoms with Crippen LogP contribution in [0.3, 0.4) is 0 Å². The number of aromatic nitrogens is 2. The number of carbonyl (C=O) groups is 1. The molecular weight excluding hydrogens is 272 g/mol. The van der Waals surface area contributed by atoms with E-state index < -0.39 is 10.8 Å². The normalized spacial score (nSPS) is 33.1.